The molecule has 0 aromatic heterocycles. The lowest BCUT2D eigenvalue weighted by atomic mass is 9.97. The molecule has 2 N–H and O–H groups in total. The summed E-state index contributed by atoms with van der Waals surface area (Å²) in [6.07, 6.45) is -6.34. The van der Waals surface area contributed by atoms with Crippen LogP contribution in [-0.4, -0.2) is 28.7 Å². The minimum absolute atomic E-state index is 0.0946. The van der Waals surface area contributed by atoms with Crippen molar-refractivity contribution >= 4 is 11.9 Å². The molecule has 0 saturated heterocycles. The van der Waals surface area contributed by atoms with Gasteiger partial charge in [-0.3, -0.25) is 4.79 Å². The van der Waals surface area contributed by atoms with Crippen molar-refractivity contribution in [3.63, 3.8) is 0 Å². The molecular formula is C12H12F3NO3. The van der Waals surface area contributed by atoms with E-state index in [-0.39, 0.29) is 5.56 Å². The summed E-state index contributed by atoms with van der Waals surface area (Å²) in [5.74, 6) is -2.61. The molecule has 0 aliphatic rings. The minimum atomic E-state index is -4.70. The molecular weight excluding hydrogens is 263 g/mol. The van der Waals surface area contributed by atoms with Crippen molar-refractivity contribution in [2.45, 2.75) is 25.1 Å². The predicted molar refractivity (Wildman–Crippen MR) is 60.6 cm³/mol. The van der Waals surface area contributed by atoms with Crippen LogP contribution in [0.5, 0.6) is 0 Å². The fourth-order valence-corrected chi connectivity index (χ4v) is 1.49. The Morgan fingerprint density at radius 3 is 2.16 bits per heavy atom. The van der Waals surface area contributed by atoms with Gasteiger partial charge >= 0.3 is 12.1 Å². The second-order valence-electron chi connectivity index (χ2n) is 4.25. The Morgan fingerprint density at radius 1 is 1.21 bits per heavy atom. The van der Waals surface area contributed by atoms with E-state index in [1.807, 2.05) is 5.32 Å². The van der Waals surface area contributed by atoms with Crippen LogP contribution in [-0.2, 0) is 4.79 Å². The van der Waals surface area contributed by atoms with Crippen molar-refractivity contribution in [1.82, 2.24) is 5.32 Å². The van der Waals surface area contributed by atoms with Crippen LogP contribution in [0, 0.1) is 0 Å². The Morgan fingerprint density at radius 2 is 1.74 bits per heavy atom. The van der Waals surface area contributed by atoms with Crippen molar-refractivity contribution in [2.75, 3.05) is 0 Å². The molecule has 4 nitrogen and oxygen atoms in total. The third kappa shape index (κ3) is 4.27. The van der Waals surface area contributed by atoms with Gasteiger partial charge in [0.2, 0.25) is 0 Å². The van der Waals surface area contributed by atoms with Crippen molar-refractivity contribution < 1.29 is 27.9 Å². The number of carbonyl (C=O) groups is 2. The molecule has 0 aliphatic heterocycles. The van der Waals surface area contributed by atoms with Crippen LogP contribution in [0.25, 0.3) is 0 Å². The van der Waals surface area contributed by atoms with Gasteiger partial charge in [0, 0.05) is 5.56 Å². The Bertz CT molecular complexity index is 473. The SMILES string of the molecule is CC(CC(F)(F)F)(NC(=O)c1ccccc1)C(=O)O. The highest BCUT2D eigenvalue weighted by molar-refractivity contribution is 5.97. The van der Waals surface area contributed by atoms with Gasteiger partial charge in [-0.1, -0.05) is 18.2 Å². The maximum absolute atomic E-state index is 12.3. The van der Waals surface area contributed by atoms with Crippen molar-refractivity contribution in [3.8, 4) is 0 Å². The number of hydrogen-bond donors (Lipinski definition) is 2. The van der Waals surface area contributed by atoms with E-state index in [1.165, 1.54) is 24.3 Å². The first kappa shape index (κ1) is 15.0. The summed E-state index contributed by atoms with van der Waals surface area (Å²) in [7, 11) is 0. The van der Waals surface area contributed by atoms with Gasteiger partial charge in [0.05, 0.1) is 6.42 Å². The van der Waals surface area contributed by atoms with E-state index in [2.05, 4.69) is 0 Å². The summed E-state index contributed by atoms with van der Waals surface area (Å²) in [5, 5.41) is 10.8. The maximum atomic E-state index is 12.3. The zero-order valence-corrected chi connectivity index (χ0v) is 9.99. The quantitative estimate of drug-likeness (QED) is 0.885. The lowest BCUT2D eigenvalue weighted by Gasteiger charge is -2.27. The fraction of sp³-hybridized carbons (Fsp3) is 0.333. The first-order chi connectivity index (χ1) is 8.64. The van der Waals surface area contributed by atoms with Crippen molar-refractivity contribution in [2.24, 2.45) is 0 Å². The molecule has 1 amide bonds. The molecule has 1 aromatic carbocycles. The van der Waals surface area contributed by atoms with E-state index < -0.39 is 30.0 Å². The number of carboxylic acid groups (broad SMARTS) is 1. The number of nitrogens with one attached hydrogen (secondary N) is 1. The largest absolute Gasteiger partial charge is 0.480 e. The van der Waals surface area contributed by atoms with Gasteiger partial charge in [-0.2, -0.15) is 13.2 Å². The van der Waals surface area contributed by atoms with Crippen molar-refractivity contribution in [1.29, 1.82) is 0 Å². The summed E-state index contributed by atoms with van der Waals surface area (Å²) in [6, 6.07) is 7.44. The van der Waals surface area contributed by atoms with E-state index in [1.54, 1.807) is 6.07 Å². The van der Waals surface area contributed by atoms with Crippen molar-refractivity contribution in [3.05, 3.63) is 35.9 Å². The van der Waals surface area contributed by atoms with Gasteiger partial charge in [0.15, 0.2) is 0 Å². The molecule has 0 aliphatic carbocycles. The third-order valence-corrected chi connectivity index (χ3v) is 2.45. The van der Waals surface area contributed by atoms with Crippen LogP contribution in [0.3, 0.4) is 0 Å². The average molecular weight is 275 g/mol. The number of aliphatic carboxylic acids is 1. The zero-order chi connectivity index (χ0) is 14.7. The molecule has 7 heteroatoms. The van der Waals surface area contributed by atoms with Gasteiger partial charge in [0.25, 0.3) is 5.91 Å². The first-order valence-electron chi connectivity index (χ1n) is 5.32. The smallest absolute Gasteiger partial charge is 0.391 e. The summed E-state index contributed by atoms with van der Waals surface area (Å²) in [5.41, 5.74) is -2.30. The number of rotatable bonds is 4. The number of halogens is 3. The number of carbonyl (C=O) groups excluding carboxylic acids is 1. The van der Waals surface area contributed by atoms with Gasteiger partial charge in [-0.05, 0) is 19.1 Å². The third-order valence-electron chi connectivity index (χ3n) is 2.45. The molecule has 0 bridgehead atoms. The van der Waals surface area contributed by atoms with Gasteiger partial charge in [-0.25, -0.2) is 4.79 Å². The topological polar surface area (TPSA) is 66.4 Å². The Kier molecular flexibility index (Phi) is 4.18. The van der Waals surface area contributed by atoms with Crippen LogP contribution in [0.1, 0.15) is 23.7 Å². The molecule has 104 valence electrons. The highest BCUT2D eigenvalue weighted by Gasteiger charge is 2.45. The fourth-order valence-electron chi connectivity index (χ4n) is 1.49. The van der Waals surface area contributed by atoms with E-state index >= 15 is 0 Å². The number of amides is 1. The number of alkyl halides is 3. The van der Waals surface area contributed by atoms with Crippen LogP contribution < -0.4 is 5.32 Å². The molecule has 0 heterocycles. The number of benzene rings is 1. The van der Waals surface area contributed by atoms with E-state index in [0.29, 0.717) is 0 Å². The highest BCUT2D eigenvalue weighted by Crippen LogP contribution is 2.27. The standard InChI is InChI=1S/C12H12F3NO3/c1-11(10(18)19,7-12(13,14)15)16-9(17)8-5-3-2-4-6-8/h2-6H,7H2,1H3,(H,16,17)(H,18,19). The summed E-state index contributed by atoms with van der Waals surface area (Å²) in [4.78, 5) is 22.7. The molecule has 0 fully saturated rings. The van der Waals surface area contributed by atoms with Crippen LogP contribution in [0.4, 0.5) is 13.2 Å². The lowest BCUT2D eigenvalue weighted by molar-refractivity contribution is -0.167. The van der Waals surface area contributed by atoms with Gasteiger partial charge in [0.1, 0.15) is 5.54 Å². The Balaban J connectivity index is 2.91. The molecule has 0 spiro atoms. The Labute approximate surface area is 107 Å². The molecule has 1 aromatic rings. The number of hydrogen-bond acceptors (Lipinski definition) is 2. The Hall–Kier alpha value is -2.05. The average Bonchev–Trinajstić information content (AvgIpc) is 2.27. The molecule has 0 saturated carbocycles. The second kappa shape index (κ2) is 5.29. The molecule has 0 radical (unpaired) electrons. The monoisotopic (exact) mass is 275 g/mol. The maximum Gasteiger partial charge on any atom is 0.391 e. The van der Waals surface area contributed by atoms with Crippen LogP contribution in [0.15, 0.2) is 30.3 Å². The predicted octanol–water partition coefficient (Wildman–Crippen LogP) is 2.21. The van der Waals surface area contributed by atoms with Crippen LogP contribution in [0.2, 0.25) is 0 Å². The first-order valence-corrected chi connectivity index (χ1v) is 5.32. The van der Waals surface area contributed by atoms with E-state index in [0.717, 1.165) is 6.92 Å². The van der Waals surface area contributed by atoms with Gasteiger partial charge in [-0.15, -0.1) is 0 Å². The minimum Gasteiger partial charge on any atom is -0.480 e. The zero-order valence-electron chi connectivity index (χ0n) is 9.99. The number of carboxylic acids is 1. The summed E-state index contributed by atoms with van der Waals surface area (Å²) < 4.78 is 37.0. The summed E-state index contributed by atoms with van der Waals surface area (Å²) >= 11 is 0. The van der Waals surface area contributed by atoms with Gasteiger partial charge < -0.3 is 10.4 Å². The normalized spacial score (nSPS) is 14.5. The lowest BCUT2D eigenvalue weighted by Crippen LogP contribution is -2.54. The molecule has 1 rings (SSSR count). The second-order valence-corrected chi connectivity index (χ2v) is 4.25. The molecule has 1 atom stereocenters. The highest BCUT2D eigenvalue weighted by atomic mass is 19.4. The molecule has 19 heavy (non-hydrogen) atoms. The molecule has 1 unspecified atom stereocenters. The van der Waals surface area contributed by atoms with Crippen LogP contribution >= 0.6 is 0 Å². The van der Waals surface area contributed by atoms with E-state index in [9.17, 15) is 22.8 Å². The summed E-state index contributed by atoms with van der Waals surface area (Å²) in [6.45, 7) is 0.823. The van der Waals surface area contributed by atoms with E-state index in [4.69, 9.17) is 5.11 Å².